The van der Waals surface area contributed by atoms with Gasteiger partial charge < -0.3 is 15.3 Å². The largest absolute Gasteiger partial charge is 0.393 e. The average molecular weight is 459 g/mol. The molecule has 0 heterocycles. The van der Waals surface area contributed by atoms with Gasteiger partial charge in [0.05, 0.1) is 18.3 Å². The maximum absolute atomic E-state index is 11.7. The Labute approximate surface area is 202 Å². The summed E-state index contributed by atoms with van der Waals surface area (Å²) in [5.74, 6) is 2.44. The van der Waals surface area contributed by atoms with E-state index in [1.165, 1.54) is 31.3 Å². The summed E-state index contributed by atoms with van der Waals surface area (Å²) in [6.45, 7) is 19.0. The molecule has 12 unspecified atom stereocenters. The van der Waals surface area contributed by atoms with E-state index in [0.29, 0.717) is 29.6 Å². The smallest absolute Gasteiger partial charge is 0.0804 e. The topological polar surface area (TPSA) is 60.7 Å². The second kappa shape index (κ2) is 7.10. The first-order valence-electron chi connectivity index (χ1n) is 13.9. The Morgan fingerprint density at radius 1 is 0.788 bits per heavy atom. The van der Waals surface area contributed by atoms with Crippen molar-refractivity contribution in [1.29, 1.82) is 0 Å². The molecule has 33 heavy (non-hydrogen) atoms. The molecule has 0 aliphatic heterocycles. The highest BCUT2D eigenvalue weighted by molar-refractivity contribution is 5.26. The van der Waals surface area contributed by atoms with Crippen LogP contribution in [-0.4, -0.2) is 33.6 Å². The zero-order chi connectivity index (χ0) is 24.4. The van der Waals surface area contributed by atoms with Crippen LogP contribution in [0, 0.1) is 56.7 Å². The summed E-state index contributed by atoms with van der Waals surface area (Å²) in [6, 6.07) is 0. The summed E-state index contributed by atoms with van der Waals surface area (Å²) < 4.78 is 0. The predicted octanol–water partition coefficient (Wildman–Crippen LogP) is 5.97. The fourth-order valence-corrected chi connectivity index (χ4v) is 11.3. The average Bonchev–Trinajstić information content (AvgIpc) is 2.71. The van der Waals surface area contributed by atoms with E-state index >= 15 is 0 Å². The zero-order valence-corrected chi connectivity index (χ0v) is 22.5. The van der Waals surface area contributed by atoms with Crippen molar-refractivity contribution in [2.45, 2.75) is 119 Å². The molecule has 5 aliphatic carbocycles. The molecule has 0 aromatic rings. The van der Waals surface area contributed by atoms with Crippen LogP contribution in [0.4, 0.5) is 0 Å². The van der Waals surface area contributed by atoms with Crippen molar-refractivity contribution in [3.05, 3.63) is 11.6 Å². The third-order valence-electron chi connectivity index (χ3n) is 13.7. The van der Waals surface area contributed by atoms with Gasteiger partial charge in [-0.15, -0.1) is 0 Å². The lowest BCUT2D eigenvalue weighted by atomic mass is 9.31. The molecule has 4 fully saturated rings. The van der Waals surface area contributed by atoms with Gasteiger partial charge in [-0.05, 0) is 103 Å². The zero-order valence-electron chi connectivity index (χ0n) is 22.5. The van der Waals surface area contributed by atoms with Crippen molar-refractivity contribution < 1.29 is 15.3 Å². The summed E-state index contributed by atoms with van der Waals surface area (Å²) in [6.07, 6.45) is 8.51. The lowest BCUT2D eigenvalue weighted by molar-refractivity contribution is -0.276. The summed E-state index contributed by atoms with van der Waals surface area (Å²) >= 11 is 0. The monoisotopic (exact) mass is 458 g/mol. The first-order chi connectivity index (χ1) is 15.2. The molecule has 0 aromatic carbocycles. The van der Waals surface area contributed by atoms with Gasteiger partial charge in [-0.1, -0.05) is 60.1 Å². The predicted molar refractivity (Wildman–Crippen MR) is 133 cm³/mol. The number of aliphatic hydroxyl groups is 3. The van der Waals surface area contributed by atoms with E-state index in [2.05, 4.69) is 55.4 Å². The molecule has 0 aromatic heterocycles. The number of hydrogen-bond donors (Lipinski definition) is 3. The van der Waals surface area contributed by atoms with Crippen molar-refractivity contribution in [1.82, 2.24) is 0 Å². The van der Waals surface area contributed by atoms with Crippen LogP contribution in [0.5, 0.6) is 0 Å². The fraction of sp³-hybridized carbons (Fsp3) is 0.933. The Bertz CT molecular complexity index is 847. The first-order valence-corrected chi connectivity index (χ1v) is 13.9. The second-order valence-electron chi connectivity index (χ2n) is 14.8. The fourth-order valence-electron chi connectivity index (χ4n) is 11.3. The SMILES string of the molecule is CC1=CC(O)C2(C)C(O)CC3(C)C(CCC4C5(C)CCC(O)C(C)(C)C5CCC43C)C2C1C. The van der Waals surface area contributed by atoms with E-state index < -0.39 is 17.6 Å². The van der Waals surface area contributed by atoms with Gasteiger partial charge in [-0.2, -0.15) is 0 Å². The molecular weight excluding hydrogens is 408 g/mol. The summed E-state index contributed by atoms with van der Waals surface area (Å²) in [7, 11) is 0. The van der Waals surface area contributed by atoms with Crippen LogP contribution < -0.4 is 0 Å². The van der Waals surface area contributed by atoms with Gasteiger partial charge in [0.25, 0.3) is 0 Å². The highest BCUT2D eigenvalue weighted by Crippen LogP contribution is 2.76. The minimum atomic E-state index is -0.558. The van der Waals surface area contributed by atoms with Crippen molar-refractivity contribution >= 4 is 0 Å². The molecule has 0 spiro atoms. The molecular formula is C30H50O3. The molecule has 188 valence electrons. The van der Waals surface area contributed by atoms with Crippen molar-refractivity contribution in [2.24, 2.45) is 56.7 Å². The summed E-state index contributed by atoms with van der Waals surface area (Å²) in [4.78, 5) is 0. The molecule has 5 aliphatic rings. The molecule has 0 bridgehead atoms. The van der Waals surface area contributed by atoms with E-state index in [1.54, 1.807) is 0 Å². The minimum absolute atomic E-state index is 0.0271. The Hall–Kier alpha value is -0.380. The van der Waals surface area contributed by atoms with Gasteiger partial charge in [0.15, 0.2) is 0 Å². The number of aliphatic hydroxyl groups excluding tert-OH is 3. The molecule has 0 radical (unpaired) electrons. The Morgan fingerprint density at radius 2 is 1.45 bits per heavy atom. The molecule has 0 amide bonds. The summed E-state index contributed by atoms with van der Waals surface area (Å²) in [5.41, 5.74) is 1.32. The van der Waals surface area contributed by atoms with Gasteiger partial charge in [0.1, 0.15) is 0 Å². The molecule has 0 saturated heterocycles. The molecule has 4 saturated carbocycles. The number of hydrogen-bond acceptors (Lipinski definition) is 3. The van der Waals surface area contributed by atoms with Crippen molar-refractivity contribution in [2.75, 3.05) is 0 Å². The van der Waals surface area contributed by atoms with Crippen LogP contribution in [0.25, 0.3) is 0 Å². The van der Waals surface area contributed by atoms with Crippen LogP contribution >= 0.6 is 0 Å². The van der Waals surface area contributed by atoms with Gasteiger partial charge in [-0.3, -0.25) is 0 Å². The molecule has 3 N–H and O–H groups in total. The molecule has 12 atom stereocenters. The Morgan fingerprint density at radius 3 is 2.12 bits per heavy atom. The summed E-state index contributed by atoms with van der Waals surface area (Å²) in [5, 5.41) is 33.8. The first kappa shape index (κ1) is 24.3. The minimum Gasteiger partial charge on any atom is -0.393 e. The highest BCUT2D eigenvalue weighted by atomic mass is 16.3. The van der Waals surface area contributed by atoms with Crippen LogP contribution in [0.15, 0.2) is 11.6 Å². The molecule has 3 heteroatoms. The van der Waals surface area contributed by atoms with Crippen LogP contribution in [0.1, 0.15) is 100 Å². The van der Waals surface area contributed by atoms with Crippen molar-refractivity contribution in [3.8, 4) is 0 Å². The Kier molecular flexibility index (Phi) is 5.23. The lowest BCUT2D eigenvalue weighted by Gasteiger charge is -2.74. The van der Waals surface area contributed by atoms with E-state index in [1.807, 2.05) is 6.08 Å². The van der Waals surface area contributed by atoms with E-state index in [9.17, 15) is 15.3 Å². The van der Waals surface area contributed by atoms with E-state index in [0.717, 1.165) is 19.3 Å². The normalized spacial score (nSPS) is 60.0. The van der Waals surface area contributed by atoms with E-state index in [-0.39, 0.29) is 27.8 Å². The number of rotatable bonds is 0. The van der Waals surface area contributed by atoms with E-state index in [4.69, 9.17) is 0 Å². The molecule has 3 nitrogen and oxygen atoms in total. The third kappa shape index (κ3) is 2.74. The maximum atomic E-state index is 11.7. The van der Waals surface area contributed by atoms with Gasteiger partial charge in [-0.25, -0.2) is 0 Å². The quantitative estimate of drug-likeness (QED) is 0.392. The van der Waals surface area contributed by atoms with Crippen molar-refractivity contribution in [3.63, 3.8) is 0 Å². The highest BCUT2D eigenvalue weighted by Gasteiger charge is 2.71. The number of fused-ring (bicyclic) bond motifs is 7. The van der Waals surface area contributed by atoms with Gasteiger partial charge in [0, 0.05) is 5.41 Å². The lowest BCUT2D eigenvalue weighted by Crippen LogP contribution is -2.70. The van der Waals surface area contributed by atoms with Gasteiger partial charge >= 0.3 is 0 Å². The number of allylic oxidation sites excluding steroid dienone is 1. The van der Waals surface area contributed by atoms with Crippen LogP contribution in [0.2, 0.25) is 0 Å². The van der Waals surface area contributed by atoms with Gasteiger partial charge in [0.2, 0.25) is 0 Å². The standard InChI is InChI=1S/C30H50O3/c1-17-15-23(32)30(8)24(33)16-29(7)19(25(30)18(17)2)9-10-21-27(5)13-12-22(31)26(3,4)20(27)11-14-28(21,29)6/h15,18-25,31-33H,9-14,16H2,1-8H3. The second-order valence-corrected chi connectivity index (χ2v) is 14.8. The maximum Gasteiger partial charge on any atom is 0.0804 e. The molecule has 5 rings (SSSR count). The third-order valence-corrected chi connectivity index (χ3v) is 13.7. The van der Waals surface area contributed by atoms with Crippen LogP contribution in [0.3, 0.4) is 0 Å². The van der Waals surface area contributed by atoms with Crippen LogP contribution in [-0.2, 0) is 0 Å². The Balaban J connectivity index is 1.59.